The smallest absolute Gasteiger partial charge is 0.315 e. The standard InChI is InChI=1S/C15H27N3O2S/c1-6-7-15(5,10-19)18-13(20)16-8-12-17-11(9-21-12)14(2,3)4/h9,19H,6-8,10H2,1-5H3,(H2,16,18,20). The molecule has 6 heteroatoms. The van der Waals surface area contributed by atoms with Crippen molar-refractivity contribution in [2.24, 2.45) is 0 Å². The number of hydrogen-bond donors (Lipinski definition) is 3. The molecule has 0 bridgehead atoms. The molecule has 1 rings (SSSR count). The second-order valence-electron chi connectivity index (χ2n) is 6.65. The van der Waals surface area contributed by atoms with E-state index in [0.717, 1.165) is 23.5 Å². The van der Waals surface area contributed by atoms with Gasteiger partial charge in [-0.2, -0.15) is 0 Å². The van der Waals surface area contributed by atoms with E-state index in [-0.39, 0.29) is 18.1 Å². The molecule has 1 unspecified atom stereocenters. The summed E-state index contributed by atoms with van der Waals surface area (Å²) in [5.74, 6) is 0. The van der Waals surface area contributed by atoms with Crippen molar-refractivity contribution < 1.29 is 9.90 Å². The molecular formula is C15H27N3O2S. The minimum atomic E-state index is -0.571. The fraction of sp³-hybridized carbons (Fsp3) is 0.733. The van der Waals surface area contributed by atoms with Crippen LogP contribution in [0.4, 0.5) is 4.79 Å². The van der Waals surface area contributed by atoms with Crippen LogP contribution in [0.2, 0.25) is 0 Å². The number of aliphatic hydroxyl groups excluding tert-OH is 1. The van der Waals surface area contributed by atoms with Gasteiger partial charge in [0.25, 0.3) is 0 Å². The van der Waals surface area contributed by atoms with Crippen LogP contribution in [0.15, 0.2) is 5.38 Å². The largest absolute Gasteiger partial charge is 0.394 e. The van der Waals surface area contributed by atoms with Crippen molar-refractivity contribution in [2.45, 2.75) is 65.0 Å². The molecule has 0 spiro atoms. The fourth-order valence-electron chi connectivity index (χ4n) is 1.94. The SMILES string of the molecule is CCCC(C)(CO)NC(=O)NCc1nc(C(C)(C)C)cs1. The van der Waals surface area contributed by atoms with Crippen molar-refractivity contribution in [3.8, 4) is 0 Å². The van der Waals surface area contributed by atoms with E-state index < -0.39 is 5.54 Å². The van der Waals surface area contributed by atoms with E-state index in [4.69, 9.17) is 0 Å². The van der Waals surface area contributed by atoms with Crippen LogP contribution >= 0.6 is 11.3 Å². The van der Waals surface area contributed by atoms with Crippen molar-refractivity contribution in [1.82, 2.24) is 15.6 Å². The molecule has 0 saturated heterocycles. The lowest BCUT2D eigenvalue weighted by Crippen LogP contribution is -2.52. The minimum Gasteiger partial charge on any atom is -0.394 e. The zero-order chi connectivity index (χ0) is 16.1. The number of carbonyl (C=O) groups is 1. The predicted molar refractivity (Wildman–Crippen MR) is 86.6 cm³/mol. The van der Waals surface area contributed by atoms with Gasteiger partial charge in [-0.25, -0.2) is 9.78 Å². The molecule has 1 heterocycles. The molecule has 0 radical (unpaired) electrons. The van der Waals surface area contributed by atoms with Crippen molar-refractivity contribution >= 4 is 17.4 Å². The van der Waals surface area contributed by atoms with Gasteiger partial charge in [-0.1, -0.05) is 34.1 Å². The first kappa shape index (κ1) is 17.9. The summed E-state index contributed by atoms with van der Waals surface area (Å²) in [7, 11) is 0. The van der Waals surface area contributed by atoms with E-state index in [1.54, 1.807) is 11.3 Å². The Morgan fingerprint density at radius 3 is 2.52 bits per heavy atom. The average molecular weight is 313 g/mol. The van der Waals surface area contributed by atoms with Crippen LogP contribution in [0.3, 0.4) is 0 Å². The number of aromatic nitrogens is 1. The molecule has 0 aliphatic rings. The van der Waals surface area contributed by atoms with Crippen molar-refractivity contribution in [2.75, 3.05) is 6.61 Å². The molecule has 0 saturated carbocycles. The first-order valence-electron chi connectivity index (χ1n) is 7.32. The summed E-state index contributed by atoms with van der Waals surface area (Å²) in [5, 5.41) is 17.9. The number of amides is 2. The molecule has 1 atom stereocenters. The van der Waals surface area contributed by atoms with Gasteiger partial charge in [0, 0.05) is 10.8 Å². The fourth-order valence-corrected chi connectivity index (χ4v) is 2.90. The molecule has 0 fully saturated rings. The zero-order valence-electron chi connectivity index (χ0n) is 13.6. The van der Waals surface area contributed by atoms with Crippen LogP contribution in [-0.4, -0.2) is 28.3 Å². The summed E-state index contributed by atoms with van der Waals surface area (Å²) in [4.78, 5) is 16.4. The Labute approximate surface area is 131 Å². The van der Waals surface area contributed by atoms with Crippen LogP contribution in [0.5, 0.6) is 0 Å². The lowest BCUT2D eigenvalue weighted by Gasteiger charge is -2.28. The van der Waals surface area contributed by atoms with Crippen LogP contribution in [-0.2, 0) is 12.0 Å². The lowest BCUT2D eigenvalue weighted by molar-refractivity contribution is 0.163. The molecule has 5 nitrogen and oxygen atoms in total. The molecule has 1 aromatic rings. The monoisotopic (exact) mass is 313 g/mol. The number of hydrogen-bond acceptors (Lipinski definition) is 4. The van der Waals surface area contributed by atoms with E-state index in [2.05, 4.69) is 36.4 Å². The van der Waals surface area contributed by atoms with E-state index in [1.165, 1.54) is 0 Å². The number of carbonyl (C=O) groups excluding carboxylic acids is 1. The van der Waals surface area contributed by atoms with Gasteiger partial charge in [0.1, 0.15) is 5.01 Å². The second-order valence-corrected chi connectivity index (χ2v) is 7.60. The highest BCUT2D eigenvalue weighted by molar-refractivity contribution is 7.09. The number of urea groups is 1. The Morgan fingerprint density at radius 2 is 2.05 bits per heavy atom. The Morgan fingerprint density at radius 1 is 1.38 bits per heavy atom. The molecule has 0 aliphatic heterocycles. The molecule has 120 valence electrons. The topological polar surface area (TPSA) is 74.2 Å². The molecule has 3 N–H and O–H groups in total. The van der Waals surface area contributed by atoms with E-state index >= 15 is 0 Å². The maximum Gasteiger partial charge on any atom is 0.315 e. The van der Waals surface area contributed by atoms with Gasteiger partial charge in [-0.05, 0) is 13.3 Å². The predicted octanol–water partition coefficient (Wildman–Crippen LogP) is 2.79. The van der Waals surface area contributed by atoms with Crippen LogP contribution < -0.4 is 10.6 Å². The van der Waals surface area contributed by atoms with Crippen LogP contribution in [0, 0.1) is 0 Å². The third kappa shape index (κ3) is 5.63. The molecule has 0 aliphatic carbocycles. The van der Waals surface area contributed by atoms with E-state index in [9.17, 15) is 9.90 Å². The minimum absolute atomic E-state index is 0.0214. The molecule has 0 aromatic carbocycles. The maximum absolute atomic E-state index is 11.9. The summed E-state index contributed by atoms with van der Waals surface area (Å²) in [6.45, 7) is 10.5. The normalized spacial score (nSPS) is 14.6. The van der Waals surface area contributed by atoms with Gasteiger partial charge >= 0.3 is 6.03 Å². The summed E-state index contributed by atoms with van der Waals surface area (Å²) < 4.78 is 0. The molecule has 21 heavy (non-hydrogen) atoms. The zero-order valence-corrected chi connectivity index (χ0v) is 14.4. The summed E-state index contributed by atoms with van der Waals surface area (Å²) in [6, 6.07) is -0.271. The van der Waals surface area contributed by atoms with Crippen LogP contribution in [0.25, 0.3) is 0 Å². The highest BCUT2D eigenvalue weighted by Crippen LogP contribution is 2.23. The van der Waals surface area contributed by atoms with Gasteiger partial charge in [0.15, 0.2) is 0 Å². The van der Waals surface area contributed by atoms with Gasteiger partial charge in [0.05, 0.1) is 24.4 Å². The molecule has 1 aromatic heterocycles. The highest BCUT2D eigenvalue weighted by atomic mass is 32.1. The van der Waals surface area contributed by atoms with Crippen molar-refractivity contribution in [3.63, 3.8) is 0 Å². The quantitative estimate of drug-likeness (QED) is 0.756. The number of aliphatic hydroxyl groups is 1. The summed E-state index contributed by atoms with van der Waals surface area (Å²) in [6.07, 6.45) is 1.64. The number of nitrogens with one attached hydrogen (secondary N) is 2. The Kier molecular flexibility index (Phi) is 6.16. The first-order chi connectivity index (χ1) is 9.70. The van der Waals surface area contributed by atoms with Gasteiger partial charge in [0.2, 0.25) is 0 Å². The van der Waals surface area contributed by atoms with Crippen molar-refractivity contribution in [3.05, 3.63) is 16.1 Å². The molecule has 2 amide bonds. The third-order valence-electron chi connectivity index (χ3n) is 3.29. The number of nitrogens with zero attached hydrogens (tertiary/aromatic N) is 1. The second kappa shape index (κ2) is 7.22. The van der Waals surface area contributed by atoms with Gasteiger partial charge in [-0.15, -0.1) is 11.3 Å². The summed E-state index contributed by atoms with van der Waals surface area (Å²) >= 11 is 1.55. The van der Waals surface area contributed by atoms with E-state index in [0.29, 0.717) is 6.54 Å². The average Bonchev–Trinajstić information content (AvgIpc) is 2.85. The molecular weight excluding hydrogens is 286 g/mol. The maximum atomic E-state index is 11.9. The first-order valence-corrected chi connectivity index (χ1v) is 8.20. The Balaban J connectivity index is 2.51. The Hall–Kier alpha value is -1.14. The van der Waals surface area contributed by atoms with Gasteiger partial charge < -0.3 is 15.7 Å². The number of rotatable bonds is 6. The third-order valence-corrected chi connectivity index (χ3v) is 4.14. The lowest BCUT2D eigenvalue weighted by atomic mass is 9.93. The highest BCUT2D eigenvalue weighted by Gasteiger charge is 2.24. The van der Waals surface area contributed by atoms with Crippen LogP contribution in [0.1, 0.15) is 58.2 Å². The van der Waals surface area contributed by atoms with Crippen molar-refractivity contribution in [1.29, 1.82) is 0 Å². The number of thiazole rings is 1. The Bertz CT molecular complexity index is 468. The summed E-state index contributed by atoms with van der Waals surface area (Å²) in [5.41, 5.74) is 0.488. The van der Waals surface area contributed by atoms with E-state index in [1.807, 2.05) is 19.2 Å². The van der Waals surface area contributed by atoms with Gasteiger partial charge in [-0.3, -0.25) is 0 Å².